The van der Waals surface area contributed by atoms with Crippen molar-refractivity contribution in [3.8, 4) is 0 Å². The molecule has 0 bridgehead atoms. The fourth-order valence-corrected chi connectivity index (χ4v) is 2.78. The molecule has 0 heterocycles. The highest BCUT2D eigenvalue weighted by Crippen LogP contribution is 2.28. The second kappa shape index (κ2) is 8.89. The van der Waals surface area contributed by atoms with Gasteiger partial charge in [-0.25, -0.2) is 0 Å². The summed E-state index contributed by atoms with van der Waals surface area (Å²) in [7, 11) is 1.69. The van der Waals surface area contributed by atoms with Gasteiger partial charge in [0.25, 0.3) is 0 Å². The van der Waals surface area contributed by atoms with E-state index in [9.17, 15) is 0 Å². The van der Waals surface area contributed by atoms with E-state index in [1.54, 1.807) is 7.11 Å². The van der Waals surface area contributed by atoms with E-state index < -0.39 is 0 Å². The Morgan fingerprint density at radius 1 is 1.43 bits per heavy atom. The second-order valence-electron chi connectivity index (χ2n) is 4.80. The molecule has 6 heteroatoms. The minimum Gasteiger partial charge on any atom is -0.409 e. The lowest BCUT2D eigenvalue weighted by Gasteiger charge is -2.34. The van der Waals surface area contributed by atoms with Crippen molar-refractivity contribution in [2.24, 2.45) is 10.9 Å². The van der Waals surface area contributed by atoms with E-state index >= 15 is 0 Å². The Balaban J connectivity index is 3.30. The average Bonchev–Trinajstić information content (AvgIpc) is 2.50. The fraction of sp³-hybridized carbons (Fsp3) is 0.533. The zero-order valence-electron chi connectivity index (χ0n) is 12.8. The fourth-order valence-electron chi connectivity index (χ4n) is 2.43. The molecule has 21 heavy (non-hydrogen) atoms. The van der Waals surface area contributed by atoms with Gasteiger partial charge in [-0.3, -0.25) is 0 Å². The number of halogens is 1. The van der Waals surface area contributed by atoms with Gasteiger partial charge in [-0.15, -0.1) is 0 Å². The van der Waals surface area contributed by atoms with Crippen molar-refractivity contribution in [2.45, 2.75) is 32.7 Å². The molecule has 1 rings (SSSR count). The van der Waals surface area contributed by atoms with Gasteiger partial charge in [0.1, 0.15) is 0 Å². The first kappa shape index (κ1) is 17.8. The molecule has 0 amide bonds. The van der Waals surface area contributed by atoms with E-state index in [1.807, 2.05) is 18.2 Å². The summed E-state index contributed by atoms with van der Waals surface area (Å²) in [6.45, 7) is 5.70. The summed E-state index contributed by atoms with van der Waals surface area (Å²) in [5, 5.41) is 12.1. The number of nitrogens with two attached hydrogens (primary N) is 1. The van der Waals surface area contributed by atoms with Crippen molar-refractivity contribution in [3.63, 3.8) is 0 Å². The Bertz CT molecular complexity index is 476. The number of methoxy groups -OCH3 is 1. The highest BCUT2D eigenvalue weighted by Gasteiger charge is 2.20. The first-order valence-electron chi connectivity index (χ1n) is 7.11. The van der Waals surface area contributed by atoms with Crippen LogP contribution in [0.4, 0.5) is 5.69 Å². The third-order valence-electron chi connectivity index (χ3n) is 3.57. The molecule has 1 aromatic carbocycles. The Hall–Kier alpha value is -1.27. The van der Waals surface area contributed by atoms with Crippen LogP contribution in [0.15, 0.2) is 27.8 Å². The largest absolute Gasteiger partial charge is 0.409 e. The Labute approximate surface area is 134 Å². The lowest BCUT2D eigenvalue weighted by molar-refractivity contribution is 0.202. The van der Waals surface area contributed by atoms with Crippen molar-refractivity contribution >= 4 is 27.5 Å². The van der Waals surface area contributed by atoms with E-state index in [4.69, 9.17) is 15.7 Å². The van der Waals surface area contributed by atoms with E-state index in [2.05, 4.69) is 39.8 Å². The van der Waals surface area contributed by atoms with Crippen molar-refractivity contribution in [2.75, 3.05) is 25.2 Å². The van der Waals surface area contributed by atoms with Gasteiger partial charge >= 0.3 is 0 Å². The van der Waals surface area contributed by atoms with Crippen LogP contribution in [0, 0.1) is 0 Å². The molecule has 0 fully saturated rings. The molecule has 0 spiro atoms. The third-order valence-corrected chi connectivity index (χ3v) is 4.07. The summed E-state index contributed by atoms with van der Waals surface area (Å²) in [6, 6.07) is 6.12. The molecular formula is C15H24BrN3O2. The van der Waals surface area contributed by atoms with Gasteiger partial charge < -0.3 is 20.6 Å². The molecule has 118 valence electrons. The Kier molecular flexibility index (Phi) is 7.53. The lowest BCUT2D eigenvalue weighted by atomic mass is 10.1. The van der Waals surface area contributed by atoms with Crippen molar-refractivity contribution in [1.29, 1.82) is 0 Å². The average molecular weight is 358 g/mol. The molecule has 1 aromatic rings. The van der Waals surface area contributed by atoms with Crippen molar-refractivity contribution in [1.82, 2.24) is 0 Å². The summed E-state index contributed by atoms with van der Waals surface area (Å²) in [4.78, 5) is 2.27. The zero-order chi connectivity index (χ0) is 15.8. The molecule has 0 aliphatic heterocycles. The number of oxime groups is 1. The number of amidine groups is 1. The number of hydrogen-bond acceptors (Lipinski definition) is 4. The Morgan fingerprint density at radius 3 is 2.62 bits per heavy atom. The maximum Gasteiger partial charge on any atom is 0.172 e. The van der Waals surface area contributed by atoms with Gasteiger partial charge in [0.2, 0.25) is 0 Å². The van der Waals surface area contributed by atoms with Crippen LogP contribution in [0.5, 0.6) is 0 Å². The lowest BCUT2D eigenvalue weighted by Crippen LogP contribution is -2.38. The van der Waals surface area contributed by atoms with Crippen molar-refractivity contribution in [3.05, 3.63) is 28.2 Å². The van der Waals surface area contributed by atoms with Gasteiger partial charge in [0.05, 0.1) is 6.61 Å². The molecule has 5 nitrogen and oxygen atoms in total. The van der Waals surface area contributed by atoms with Gasteiger partial charge in [0, 0.05) is 35.4 Å². The van der Waals surface area contributed by atoms with Crippen molar-refractivity contribution < 1.29 is 9.94 Å². The number of nitrogens with zero attached hydrogens (tertiary/aromatic N) is 2. The van der Waals surface area contributed by atoms with Crippen LogP contribution in [0.25, 0.3) is 0 Å². The first-order valence-corrected chi connectivity index (χ1v) is 7.91. The topological polar surface area (TPSA) is 71.1 Å². The highest BCUT2D eigenvalue weighted by atomic mass is 79.9. The number of anilines is 1. The van der Waals surface area contributed by atoms with Crippen LogP contribution < -0.4 is 10.6 Å². The maximum atomic E-state index is 9.00. The van der Waals surface area contributed by atoms with E-state index in [-0.39, 0.29) is 5.84 Å². The number of hydrogen-bond donors (Lipinski definition) is 2. The van der Waals surface area contributed by atoms with Gasteiger partial charge in [-0.05, 0) is 31.0 Å². The molecule has 0 aromatic heterocycles. The van der Waals surface area contributed by atoms with Crippen LogP contribution in [0.3, 0.4) is 0 Å². The summed E-state index contributed by atoms with van der Waals surface area (Å²) in [5.74, 6) is 0.117. The quantitative estimate of drug-likeness (QED) is 0.324. The molecule has 0 atom stereocenters. The van der Waals surface area contributed by atoms with Gasteiger partial charge in [0.15, 0.2) is 5.84 Å². The normalized spacial score (nSPS) is 12.0. The van der Waals surface area contributed by atoms with E-state index in [0.29, 0.717) is 12.6 Å². The van der Waals surface area contributed by atoms with E-state index in [0.717, 1.165) is 35.1 Å². The zero-order valence-corrected chi connectivity index (χ0v) is 14.4. The smallest absolute Gasteiger partial charge is 0.172 e. The van der Waals surface area contributed by atoms with Gasteiger partial charge in [-0.1, -0.05) is 34.9 Å². The molecule has 3 N–H and O–H groups in total. The van der Waals surface area contributed by atoms with Crippen LogP contribution in [0.2, 0.25) is 0 Å². The summed E-state index contributed by atoms with van der Waals surface area (Å²) in [6.07, 6.45) is 2.03. The molecule has 0 radical (unpaired) electrons. The molecule has 0 saturated heterocycles. The molecule has 0 unspecified atom stereocenters. The van der Waals surface area contributed by atoms with Crippen LogP contribution in [0.1, 0.15) is 32.3 Å². The maximum absolute atomic E-state index is 9.00. The first-order chi connectivity index (χ1) is 10.1. The summed E-state index contributed by atoms with van der Waals surface area (Å²) >= 11 is 3.50. The second-order valence-corrected chi connectivity index (χ2v) is 5.72. The number of ether oxygens (including phenoxy) is 1. The summed E-state index contributed by atoms with van der Waals surface area (Å²) in [5.41, 5.74) is 7.50. The number of benzene rings is 1. The molecular weight excluding hydrogens is 334 g/mol. The van der Waals surface area contributed by atoms with Crippen LogP contribution >= 0.6 is 15.9 Å². The molecule has 0 aliphatic carbocycles. The van der Waals surface area contributed by atoms with Crippen LogP contribution in [-0.4, -0.2) is 37.3 Å². The van der Waals surface area contributed by atoms with Crippen LogP contribution in [-0.2, 0) is 4.74 Å². The molecule has 0 aliphatic rings. The SMILES string of the molecule is CCC(CC)N(CCOC)c1cc(Br)ccc1/C(N)=N/O. The monoisotopic (exact) mass is 357 g/mol. The minimum atomic E-state index is 0.117. The summed E-state index contributed by atoms with van der Waals surface area (Å²) < 4.78 is 6.18. The predicted octanol–water partition coefficient (Wildman–Crippen LogP) is 3.19. The third kappa shape index (κ3) is 4.61. The number of rotatable bonds is 8. The van der Waals surface area contributed by atoms with E-state index in [1.165, 1.54) is 0 Å². The highest BCUT2D eigenvalue weighted by molar-refractivity contribution is 9.10. The van der Waals surface area contributed by atoms with Gasteiger partial charge in [-0.2, -0.15) is 0 Å². The Morgan fingerprint density at radius 2 is 2.10 bits per heavy atom. The molecule has 0 saturated carbocycles. The predicted molar refractivity (Wildman–Crippen MR) is 90.2 cm³/mol. The standard InChI is InChI=1S/C15H24BrN3O2/c1-4-12(5-2)19(8-9-21-3)14-10-11(16)6-7-13(14)15(17)18-20/h6-7,10,12,20H,4-5,8-9H2,1-3H3,(H2,17,18). The minimum absolute atomic E-state index is 0.117.